The monoisotopic (exact) mass is 530 g/mol. The minimum absolute atomic E-state index is 0. The van der Waals surface area contributed by atoms with Gasteiger partial charge in [-0.1, -0.05) is 0 Å². The van der Waals surface area contributed by atoms with Crippen molar-refractivity contribution >= 4 is 35.0 Å². The Kier molecular flexibility index (Phi) is 6.81. The van der Waals surface area contributed by atoms with Crippen LogP contribution in [0.25, 0.3) is 10.9 Å². The molecule has 37 heavy (non-hydrogen) atoms. The van der Waals surface area contributed by atoms with Gasteiger partial charge in [-0.25, -0.2) is 13.8 Å². The van der Waals surface area contributed by atoms with Crippen LogP contribution in [-0.4, -0.2) is 40.2 Å². The largest absolute Gasteiger partial charge is 0.480 e. The van der Waals surface area contributed by atoms with E-state index in [1.54, 1.807) is 6.92 Å². The van der Waals surface area contributed by atoms with Crippen molar-refractivity contribution in [3.63, 3.8) is 0 Å². The summed E-state index contributed by atoms with van der Waals surface area (Å²) >= 11 is 0. The number of carbonyl (C=O) groups excluding carboxylic acids is 1. The molecule has 4 aliphatic rings. The molecule has 0 radical (unpaired) electrons. The van der Waals surface area contributed by atoms with Crippen molar-refractivity contribution in [2.45, 2.75) is 63.1 Å². The van der Waals surface area contributed by atoms with Crippen molar-refractivity contribution in [3.8, 4) is 5.75 Å². The summed E-state index contributed by atoms with van der Waals surface area (Å²) in [5.41, 5.74) is 1.87. The van der Waals surface area contributed by atoms with E-state index in [1.165, 1.54) is 6.07 Å². The van der Waals surface area contributed by atoms with Gasteiger partial charge in [-0.2, -0.15) is 0 Å². The molecule has 2 saturated heterocycles. The second-order valence-electron chi connectivity index (χ2n) is 10.3. The molecule has 3 fully saturated rings. The molecule has 3 aromatic rings. The lowest BCUT2D eigenvalue weighted by atomic mass is 9.69. The number of pyridine rings is 2. The fraction of sp³-hybridized carbons (Fsp3) is 0.444. The van der Waals surface area contributed by atoms with E-state index in [0.717, 1.165) is 43.1 Å². The van der Waals surface area contributed by atoms with Crippen molar-refractivity contribution in [2.24, 2.45) is 0 Å². The second kappa shape index (κ2) is 9.78. The molecular weight excluding hydrogens is 502 g/mol. The van der Waals surface area contributed by atoms with Gasteiger partial charge in [0, 0.05) is 17.5 Å². The van der Waals surface area contributed by atoms with Crippen LogP contribution in [0.4, 0.5) is 14.6 Å². The number of hydrogen-bond donors (Lipinski definition) is 2. The first-order valence-electron chi connectivity index (χ1n) is 12.4. The Morgan fingerprint density at radius 2 is 1.95 bits per heavy atom. The van der Waals surface area contributed by atoms with Gasteiger partial charge in [-0.15, -0.1) is 12.4 Å². The summed E-state index contributed by atoms with van der Waals surface area (Å²) < 4.78 is 40.9. The molecule has 2 bridgehead atoms. The first kappa shape index (κ1) is 25.8. The Bertz CT molecular complexity index is 1340. The lowest BCUT2D eigenvalue weighted by Crippen LogP contribution is -2.61. The van der Waals surface area contributed by atoms with E-state index in [4.69, 9.17) is 9.47 Å². The zero-order valence-electron chi connectivity index (χ0n) is 20.5. The van der Waals surface area contributed by atoms with E-state index in [0.29, 0.717) is 48.5 Å². The zero-order chi connectivity index (χ0) is 24.9. The normalized spacial score (nSPS) is 24.2. The number of aryl methyl sites for hydroxylation is 2. The smallest absolute Gasteiger partial charge is 0.263 e. The van der Waals surface area contributed by atoms with Crippen molar-refractivity contribution in [1.82, 2.24) is 15.3 Å². The Balaban J connectivity index is 0.00000280. The third-order valence-electron chi connectivity index (χ3n) is 7.91. The predicted octanol–water partition coefficient (Wildman–Crippen LogP) is 4.77. The van der Waals surface area contributed by atoms with Gasteiger partial charge in [0.2, 0.25) is 0 Å². The minimum Gasteiger partial charge on any atom is -0.480 e. The summed E-state index contributed by atoms with van der Waals surface area (Å²) in [6, 6.07) is 6.96. The minimum atomic E-state index is -0.421. The standard InChI is InChI=1S/C27H28F2N4O3.ClH/c1-16-10-19-18(21(29)13-30-24(19)20(28)11-16)4-5-27-8-6-26(7-9-27,15-36-27)31-12-17-2-3-22-25(32-17)33-23(34)14-35-22;/h2-3,10-11,13,31H,4-9,12,14-15H2,1H3,(H,32,33,34);1H. The Hall–Kier alpha value is -2.88. The van der Waals surface area contributed by atoms with Crippen molar-refractivity contribution in [1.29, 1.82) is 0 Å². The highest BCUT2D eigenvalue weighted by Crippen LogP contribution is 2.46. The fourth-order valence-corrected chi connectivity index (χ4v) is 5.73. The third kappa shape index (κ3) is 4.87. The number of hydrogen-bond acceptors (Lipinski definition) is 6. The number of carbonyl (C=O) groups is 1. The number of amides is 1. The summed E-state index contributed by atoms with van der Waals surface area (Å²) in [6.45, 7) is 2.94. The van der Waals surface area contributed by atoms with Gasteiger partial charge in [-0.05, 0) is 80.8 Å². The highest BCUT2D eigenvalue weighted by molar-refractivity contribution is 5.94. The fourth-order valence-electron chi connectivity index (χ4n) is 5.73. The van der Waals surface area contributed by atoms with Gasteiger partial charge in [-0.3, -0.25) is 9.78 Å². The molecule has 0 unspecified atom stereocenters. The van der Waals surface area contributed by atoms with E-state index >= 15 is 0 Å². The Labute approximate surface area is 219 Å². The number of fused-ring (bicyclic) bond motifs is 5. The summed E-state index contributed by atoms with van der Waals surface area (Å²) in [5, 5.41) is 6.93. The predicted molar refractivity (Wildman–Crippen MR) is 137 cm³/mol. The molecule has 1 aromatic carbocycles. The molecule has 3 aliphatic heterocycles. The number of halogens is 3. The third-order valence-corrected chi connectivity index (χ3v) is 7.91. The van der Waals surface area contributed by atoms with Crippen LogP contribution in [0.15, 0.2) is 30.5 Å². The number of aromatic nitrogens is 2. The highest BCUT2D eigenvalue weighted by Gasteiger charge is 2.49. The van der Waals surface area contributed by atoms with Gasteiger partial charge in [0.25, 0.3) is 5.91 Å². The molecule has 7 rings (SSSR count). The van der Waals surface area contributed by atoms with Crippen LogP contribution in [0.2, 0.25) is 0 Å². The molecule has 10 heteroatoms. The summed E-state index contributed by atoms with van der Waals surface area (Å²) in [6.07, 6.45) is 5.93. The van der Waals surface area contributed by atoms with Crippen molar-refractivity contribution < 1.29 is 23.0 Å². The van der Waals surface area contributed by atoms with Gasteiger partial charge < -0.3 is 20.1 Å². The van der Waals surface area contributed by atoms with Gasteiger partial charge in [0.1, 0.15) is 17.2 Å². The number of benzene rings is 1. The van der Waals surface area contributed by atoms with E-state index in [1.807, 2.05) is 18.2 Å². The van der Waals surface area contributed by atoms with Gasteiger partial charge >= 0.3 is 0 Å². The molecule has 5 heterocycles. The summed E-state index contributed by atoms with van der Waals surface area (Å²) in [4.78, 5) is 20.1. The molecule has 7 nitrogen and oxygen atoms in total. The summed E-state index contributed by atoms with van der Waals surface area (Å²) in [5.74, 6) is 0.0107. The molecule has 196 valence electrons. The van der Waals surface area contributed by atoms with Crippen LogP contribution in [0, 0.1) is 18.6 Å². The summed E-state index contributed by atoms with van der Waals surface area (Å²) in [7, 11) is 0. The molecule has 1 saturated carbocycles. The van der Waals surface area contributed by atoms with E-state index in [9.17, 15) is 13.6 Å². The Morgan fingerprint density at radius 1 is 1.14 bits per heavy atom. The van der Waals surface area contributed by atoms with Crippen LogP contribution in [0.3, 0.4) is 0 Å². The van der Waals surface area contributed by atoms with E-state index in [2.05, 4.69) is 20.6 Å². The molecule has 1 aliphatic carbocycles. The zero-order valence-corrected chi connectivity index (χ0v) is 21.4. The van der Waals surface area contributed by atoms with Crippen LogP contribution in [0.5, 0.6) is 5.75 Å². The number of ether oxygens (including phenoxy) is 2. The molecule has 1 amide bonds. The lowest BCUT2D eigenvalue weighted by molar-refractivity contribution is -0.165. The average molecular weight is 531 g/mol. The van der Waals surface area contributed by atoms with Crippen LogP contribution < -0.4 is 15.4 Å². The SMILES string of the molecule is Cc1cc(F)c2ncc(F)c(CCC34CCC(NCc5ccc6c(n5)NC(=O)CO6)(CC3)CO4)c2c1.Cl. The van der Waals surface area contributed by atoms with Crippen molar-refractivity contribution in [2.75, 3.05) is 18.5 Å². The van der Waals surface area contributed by atoms with Crippen LogP contribution >= 0.6 is 12.4 Å². The second-order valence-corrected chi connectivity index (χ2v) is 10.3. The highest BCUT2D eigenvalue weighted by atomic mass is 35.5. The lowest BCUT2D eigenvalue weighted by Gasteiger charge is -2.53. The number of anilines is 1. The van der Waals surface area contributed by atoms with Crippen LogP contribution in [-0.2, 0) is 22.5 Å². The molecule has 2 aromatic heterocycles. The van der Waals surface area contributed by atoms with Crippen molar-refractivity contribution in [3.05, 3.63) is 58.9 Å². The average Bonchev–Trinajstić information content (AvgIpc) is 2.88. The number of nitrogens with one attached hydrogen (secondary N) is 2. The number of rotatable bonds is 6. The maximum atomic E-state index is 14.8. The topological polar surface area (TPSA) is 85.4 Å². The maximum absolute atomic E-state index is 14.8. The first-order chi connectivity index (χ1) is 17.3. The maximum Gasteiger partial charge on any atom is 0.263 e. The first-order valence-corrected chi connectivity index (χ1v) is 12.4. The van der Waals surface area contributed by atoms with Crippen LogP contribution in [0.1, 0.15) is 48.9 Å². The number of nitrogens with zero attached hydrogens (tertiary/aromatic N) is 2. The molecular formula is C27H29ClF2N4O3. The quantitative estimate of drug-likeness (QED) is 0.477. The van der Waals surface area contributed by atoms with Gasteiger partial charge in [0.05, 0.1) is 24.1 Å². The van der Waals surface area contributed by atoms with E-state index in [-0.39, 0.29) is 41.6 Å². The Morgan fingerprint density at radius 3 is 2.70 bits per heavy atom. The molecule has 2 N–H and O–H groups in total. The van der Waals surface area contributed by atoms with Gasteiger partial charge in [0.15, 0.2) is 18.2 Å². The molecule has 0 atom stereocenters. The van der Waals surface area contributed by atoms with E-state index < -0.39 is 11.6 Å². The molecule has 0 spiro atoms.